The Morgan fingerprint density at radius 3 is 2.33 bits per heavy atom. The molecule has 140 valence electrons. The van der Waals surface area contributed by atoms with Crippen molar-refractivity contribution in [1.82, 2.24) is 15.1 Å². The van der Waals surface area contributed by atoms with E-state index in [1.807, 2.05) is 0 Å². The number of rotatable bonds is 4. The fourth-order valence-corrected chi connectivity index (χ4v) is 2.42. The first-order valence-electron chi connectivity index (χ1n) is 7.69. The van der Waals surface area contributed by atoms with Gasteiger partial charge in [0.05, 0.1) is 11.3 Å². The molecule has 0 spiro atoms. The van der Waals surface area contributed by atoms with Gasteiger partial charge >= 0.3 is 6.18 Å². The number of carbonyl (C=O) groups is 1. The molecular formula is C18H12F5N3O. The Kier molecular flexibility index (Phi) is 4.93. The third-order valence-electron chi connectivity index (χ3n) is 3.73. The lowest BCUT2D eigenvalue weighted by Crippen LogP contribution is -2.25. The maximum Gasteiger partial charge on any atom is 0.416 e. The third-order valence-corrected chi connectivity index (χ3v) is 3.73. The first kappa shape index (κ1) is 18.6. The Morgan fingerprint density at radius 2 is 1.67 bits per heavy atom. The number of hydrogen-bond acceptors (Lipinski definition) is 2. The smallest absolute Gasteiger partial charge is 0.347 e. The number of hydrogen-bond donors (Lipinski definition) is 1. The van der Waals surface area contributed by atoms with E-state index in [2.05, 4.69) is 10.4 Å². The highest BCUT2D eigenvalue weighted by Gasteiger charge is 2.33. The molecule has 0 aliphatic rings. The van der Waals surface area contributed by atoms with Gasteiger partial charge in [0.25, 0.3) is 5.91 Å². The summed E-state index contributed by atoms with van der Waals surface area (Å²) in [4.78, 5) is 12.1. The minimum absolute atomic E-state index is 0.0324. The van der Waals surface area contributed by atoms with Crippen LogP contribution in [0.5, 0.6) is 0 Å². The molecule has 2 aromatic carbocycles. The van der Waals surface area contributed by atoms with E-state index in [1.165, 1.54) is 41.2 Å². The molecule has 1 N–H and O–H groups in total. The Morgan fingerprint density at radius 1 is 1.00 bits per heavy atom. The highest BCUT2D eigenvalue weighted by molar-refractivity contribution is 5.92. The molecule has 0 radical (unpaired) electrons. The van der Waals surface area contributed by atoms with Crippen molar-refractivity contribution in [2.45, 2.75) is 12.7 Å². The Labute approximate surface area is 150 Å². The van der Waals surface area contributed by atoms with Crippen molar-refractivity contribution in [3.63, 3.8) is 0 Å². The van der Waals surface area contributed by atoms with E-state index in [0.717, 1.165) is 12.1 Å². The second-order valence-corrected chi connectivity index (χ2v) is 5.60. The van der Waals surface area contributed by atoms with Crippen molar-refractivity contribution in [2.24, 2.45) is 0 Å². The topological polar surface area (TPSA) is 46.9 Å². The van der Waals surface area contributed by atoms with Crippen LogP contribution < -0.4 is 5.32 Å². The van der Waals surface area contributed by atoms with Gasteiger partial charge in [0.1, 0.15) is 11.6 Å². The van der Waals surface area contributed by atoms with E-state index >= 15 is 0 Å². The number of aromatic nitrogens is 2. The average Bonchev–Trinajstić information content (AvgIpc) is 3.10. The number of carbonyl (C=O) groups excluding carboxylic acids is 1. The van der Waals surface area contributed by atoms with Gasteiger partial charge in [-0.2, -0.15) is 18.3 Å². The van der Waals surface area contributed by atoms with Crippen LogP contribution in [0.1, 0.15) is 21.6 Å². The molecule has 0 aliphatic carbocycles. The summed E-state index contributed by atoms with van der Waals surface area (Å²) in [6.07, 6.45) is -3.28. The average molecular weight is 381 g/mol. The lowest BCUT2D eigenvalue weighted by atomic mass is 10.1. The van der Waals surface area contributed by atoms with Crippen LogP contribution in [0.25, 0.3) is 5.69 Å². The van der Waals surface area contributed by atoms with Gasteiger partial charge in [0, 0.05) is 12.7 Å². The van der Waals surface area contributed by atoms with Crippen LogP contribution in [-0.4, -0.2) is 15.7 Å². The number of benzene rings is 2. The van der Waals surface area contributed by atoms with Gasteiger partial charge in [-0.25, -0.2) is 13.5 Å². The fourth-order valence-electron chi connectivity index (χ4n) is 2.42. The van der Waals surface area contributed by atoms with Gasteiger partial charge in [-0.15, -0.1) is 0 Å². The minimum atomic E-state index is -4.74. The van der Waals surface area contributed by atoms with E-state index < -0.39 is 35.8 Å². The zero-order chi connectivity index (χ0) is 19.6. The highest BCUT2D eigenvalue weighted by atomic mass is 19.4. The molecule has 0 aliphatic heterocycles. The summed E-state index contributed by atoms with van der Waals surface area (Å²) in [6.45, 7) is -0.447. The van der Waals surface area contributed by atoms with Gasteiger partial charge in [-0.05, 0) is 48.0 Å². The monoisotopic (exact) mass is 381 g/mol. The molecular weight excluding hydrogens is 369 g/mol. The van der Waals surface area contributed by atoms with Gasteiger partial charge in [-0.1, -0.05) is 6.07 Å². The van der Waals surface area contributed by atoms with Crippen molar-refractivity contribution < 1.29 is 26.7 Å². The van der Waals surface area contributed by atoms with Crippen molar-refractivity contribution in [3.8, 4) is 5.69 Å². The highest BCUT2D eigenvalue weighted by Crippen LogP contribution is 2.32. The first-order chi connectivity index (χ1) is 12.7. The predicted molar refractivity (Wildman–Crippen MR) is 86.1 cm³/mol. The van der Waals surface area contributed by atoms with E-state index in [4.69, 9.17) is 0 Å². The van der Waals surface area contributed by atoms with E-state index in [9.17, 15) is 26.7 Å². The van der Waals surface area contributed by atoms with Crippen LogP contribution in [0, 0.1) is 11.6 Å². The number of nitrogens with zero attached hydrogens (tertiary/aromatic N) is 2. The summed E-state index contributed by atoms with van der Waals surface area (Å²) in [6, 6.07) is 8.97. The largest absolute Gasteiger partial charge is 0.416 e. The van der Waals surface area contributed by atoms with Crippen LogP contribution in [0.3, 0.4) is 0 Å². The lowest BCUT2D eigenvalue weighted by Gasteiger charge is -2.13. The molecule has 0 bridgehead atoms. The second-order valence-electron chi connectivity index (χ2n) is 5.60. The molecule has 1 heterocycles. The maximum absolute atomic E-state index is 13.1. The molecule has 27 heavy (non-hydrogen) atoms. The standard InChI is InChI=1S/C18H12F5N3O/c19-12-3-5-14(6-4-12)26-8-7-16(25-26)17(27)24-10-11-1-2-13(20)9-15(11)18(21,22)23/h1-9H,10H2,(H,24,27). The molecule has 0 saturated heterocycles. The molecule has 0 unspecified atom stereocenters. The first-order valence-corrected chi connectivity index (χ1v) is 7.69. The molecule has 9 heteroatoms. The summed E-state index contributed by atoms with van der Waals surface area (Å²) < 4.78 is 66.3. The summed E-state index contributed by atoms with van der Waals surface area (Å²) in [5.74, 6) is -2.15. The molecule has 1 amide bonds. The van der Waals surface area contributed by atoms with Crippen LogP contribution in [-0.2, 0) is 12.7 Å². The SMILES string of the molecule is O=C(NCc1ccc(F)cc1C(F)(F)F)c1ccn(-c2ccc(F)cc2)n1. The van der Waals surface area contributed by atoms with Crippen molar-refractivity contribution in [1.29, 1.82) is 0 Å². The van der Waals surface area contributed by atoms with Crippen molar-refractivity contribution in [2.75, 3.05) is 0 Å². The predicted octanol–water partition coefficient (Wildman–Crippen LogP) is 4.10. The quantitative estimate of drug-likeness (QED) is 0.692. The second kappa shape index (κ2) is 7.18. The summed E-state index contributed by atoms with van der Waals surface area (Å²) >= 11 is 0. The Hall–Kier alpha value is -3.23. The van der Waals surface area contributed by atoms with Crippen LogP contribution in [0.2, 0.25) is 0 Å². The molecule has 0 saturated carbocycles. The number of alkyl halides is 3. The summed E-state index contributed by atoms with van der Waals surface area (Å²) in [5, 5.41) is 6.33. The lowest BCUT2D eigenvalue weighted by molar-refractivity contribution is -0.138. The maximum atomic E-state index is 13.1. The van der Waals surface area contributed by atoms with Gasteiger partial charge in [-0.3, -0.25) is 4.79 Å². The number of nitrogens with one attached hydrogen (secondary N) is 1. The minimum Gasteiger partial charge on any atom is -0.347 e. The van der Waals surface area contributed by atoms with Crippen LogP contribution >= 0.6 is 0 Å². The summed E-state index contributed by atoms with van der Waals surface area (Å²) in [5.41, 5.74) is -0.946. The molecule has 0 atom stereocenters. The van der Waals surface area contributed by atoms with Gasteiger partial charge in [0.15, 0.2) is 5.69 Å². The molecule has 4 nitrogen and oxygen atoms in total. The van der Waals surface area contributed by atoms with Crippen molar-refractivity contribution >= 4 is 5.91 Å². The van der Waals surface area contributed by atoms with E-state index in [1.54, 1.807) is 0 Å². The number of amides is 1. The zero-order valence-electron chi connectivity index (χ0n) is 13.6. The van der Waals surface area contributed by atoms with Gasteiger partial charge < -0.3 is 5.32 Å². The zero-order valence-corrected chi connectivity index (χ0v) is 13.6. The van der Waals surface area contributed by atoms with E-state index in [0.29, 0.717) is 11.8 Å². The number of halogens is 5. The molecule has 3 rings (SSSR count). The summed E-state index contributed by atoms with van der Waals surface area (Å²) in [7, 11) is 0. The molecule has 1 aromatic heterocycles. The molecule has 0 fully saturated rings. The Bertz CT molecular complexity index is 964. The fraction of sp³-hybridized carbons (Fsp3) is 0.111. The van der Waals surface area contributed by atoms with Crippen LogP contribution in [0.15, 0.2) is 54.7 Å². The third kappa shape index (κ3) is 4.30. The normalized spacial score (nSPS) is 11.4. The van der Waals surface area contributed by atoms with Crippen LogP contribution in [0.4, 0.5) is 22.0 Å². The van der Waals surface area contributed by atoms with Gasteiger partial charge in [0.2, 0.25) is 0 Å². The van der Waals surface area contributed by atoms with E-state index in [-0.39, 0.29) is 11.3 Å². The van der Waals surface area contributed by atoms with Crippen molar-refractivity contribution in [3.05, 3.63) is 83.2 Å². The Balaban J connectivity index is 1.73. The molecule has 3 aromatic rings.